The highest BCUT2D eigenvalue weighted by molar-refractivity contribution is 6.31. The third kappa shape index (κ3) is 2.89. The van der Waals surface area contributed by atoms with Crippen LogP contribution >= 0.6 is 11.6 Å². The van der Waals surface area contributed by atoms with E-state index in [-0.39, 0.29) is 0 Å². The first-order valence-corrected chi connectivity index (χ1v) is 6.40. The number of nitrogens with one attached hydrogen (secondary N) is 1. The lowest BCUT2D eigenvalue weighted by atomic mass is 10.2. The fraction of sp³-hybridized carbons (Fsp3) is 0.385. The van der Waals surface area contributed by atoms with E-state index in [0.717, 1.165) is 18.7 Å². The molecule has 0 fully saturated rings. The summed E-state index contributed by atoms with van der Waals surface area (Å²) in [5, 5.41) is 8.39. The molecule has 0 atom stereocenters. The van der Waals surface area contributed by atoms with Gasteiger partial charge in [0.2, 0.25) is 0 Å². The molecule has 0 saturated carbocycles. The highest BCUT2D eigenvalue weighted by Gasteiger charge is 2.08. The van der Waals surface area contributed by atoms with E-state index in [1.165, 1.54) is 11.3 Å². The first-order valence-electron chi connectivity index (χ1n) is 6.02. The topological polar surface area (TPSA) is 42.7 Å². The van der Waals surface area contributed by atoms with Gasteiger partial charge in [-0.2, -0.15) is 5.10 Å². The van der Waals surface area contributed by atoms with E-state index in [1.807, 2.05) is 16.9 Å². The fourth-order valence-electron chi connectivity index (χ4n) is 1.77. The minimum Gasteiger partial charge on any atom is -0.313 e. The normalized spacial score (nSPS) is 10.8. The Morgan fingerprint density at radius 2 is 2.17 bits per heavy atom. The van der Waals surface area contributed by atoms with Crippen LogP contribution < -0.4 is 5.32 Å². The van der Waals surface area contributed by atoms with Gasteiger partial charge in [0.1, 0.15) is 0 Å². The molecule has 0 aromatic carbocycles. The van der Waals surface area contributed by atoms with Crippen molar-refractivity contribution >= 4 is 11.6 Å². The van der Waals surface area contributed by atoms with E-state index >= 15 is 0 Å². The molecule has 0 spiro atoms. The van der Waals surface area contributed by atoms with Crippen molar-refractivity contribution in [1.29, 1.82) is 0 Å². The molecule has 0 amide bonds. The van der Waals surface area contributed by atoms with Crippen molar-refractivity contribution in [2.24, 2.45) is 0 Å². The number of halogens is 1. The van der Waals surface area contributed by atoms with Gasteiger partial charge in [0.05, 0.1) is 17.8 Å². The van der Waals surface area contributed by atoms with Gasteiger partial charge in [0, 0.05) is 30.2 Å². The van der Waals surface area contributed by atoms with Crippen LogP contribution in [0.5, 0.6) is 0 Å². The standard InChI is InChI=1S/C13H17ClN4/c1-3-15-6-12-7-17-18(10(12)2)9-11-4-5-16-8-13(11)14/h4-5,7-8,15H,3,6,9H2,1-2H3. The Morgan fingerprint density at radius 3 is 2.89 bits per heavy atom. The van der Waals surface area contributed by atoms with E-state index in [2.05, 4.69) is 29.2 Å². The Balaban J connectivity index is 2.15. The van der Waals surface area contributed by atoms with Gasteiger partial charge in [-0.15, -0.1) is 0 Å². The second-order valence-electron chi connectivity index (χ2n) is 4.16. The summed E-state index contributed by atoms with van der Waals surface area (Å²) in [6.07, 6.45) is 5.32. The Kier molecular flexibility index (Phi) is 4.33. The summed E-state index contributed by atoms with van der Waals surface area (Å²) in [6, 6.07) is 1.92. The van der Waals surface area contributed by atoms with Gasteiger partial charge >= 0.3 is 0 Å². The van der Waals surface area contributed by atoms with E-state index in [4.69, 9.17) is 11.6 Å². The molecule has 0 radical (unpaired) electrons. The van der Waals surface area contributed by atoms with E-state index in [9.17, 15) is 0 Å². The van der Waals surface area contributed by atoms with Crippen molar-refractivity contribution in [2.45, 2.75) is 26.9 Å². The molecule has 4 nitrogen and oxygen atoms in total. The van der Waals surface area contributed by atoms with Crippen molar-refractivity contribution in [3.63, 3.8) is 0 Å². The summed E-state index contributed by atoms with van der Waals surface area (Å²) in [4.78, 5) is 3.98. The second-order valence-corrected chi connectivity index (χ2v) is 4.57. The average molecular weight is 265 g/mol. The molecule has 2 rings (SSSR count). The van der Waals surface area contributed by atoms with Crippen molar-refractivity contribution in [3.8, 4) is 0 Å². The molecule has 0 saturated heterocycles. The predicted molar refractivity (Wildman–Crippen MR) is 72.7 cm³/mol. The summed E-state index contributed by atoms with van der Waals surface area (Å²) in [5.41, 5.74) is 3.43. The van der Waals surface area contributed by atoms with Crippen molar-refractivity contribution < 1.29 is 0 Å². The summed E-state index contributed by atoms with van der Waals surface area (Å²) in [5.74, 6) is 0. The van der Waals surface area contributed by atoms with Crippen LogP contribution in [0.1, 0.15) is 23.7 Å². The monoisotopic (exact) mass is 264 g/mol. The maximum Gasteiger partial charge on any atom is 0.0678 e. The largest absolute Gasteiger partial charge is 0.313 e. The van der Waals surface area contributed by atoms with E-state index in [1.54, 1.807) is 12.4 Å². The number of hydrogen-bond donors (Lipinski definition) is 1. The predicted octanol–water partition coefficient (Wildman–Crippen LogP) is 2.40. The zero-order valence-electron chi connectivity index (χ0n) is 10.7. The zero-order valence-corrected chi connectivity index (χ0v) is 11.4. The number of nitrogens with zero attached hydrogens (tertiary/aromatic N) is 3. The molecule has 0 bridgehead atoms. The van der Waals surface area contributed by atoms with Crippen LogP contribution in [0.25, 0.3) is 0 Å². The van der Waals surface area contributed by atoms with Crippen LogP contribution in [0, 0.1) is 6.92 Å². The SMILES string of the molecule is CCNCc1cnn(Cc2ccncc2Cl)c1C. The Morgan fingerprint density at radius 1 is 1.33 bits per heavy atom. The molecule has 2 heterocycles. The van der Waals surface area contributed by atoms with Gasteiger partial charge in [0.15, 0.2) is 0 Å². The summed E-state index contributed by atoms with van der Waals surface area (Å²) >= 11 is 6.10. The lowest BCUT2D eigenvalue weighted by molar-refractivity contribution is 0.658. The minimum absolute atomic E-state index is 0.680. The quantitative estimate of drug-likeness (QED) is 0.902. The molecule has 0 unspecified atom stereocenters. The molecule has 96 valence electrons. The van der Waals surface area contributed by atoms with Crippen LogP contribution in [-0.4, -0.2) is 21.3 Å². The number of pyridine rings is 1. The second kappa shape index (κ2) is 5.98. The summed E-state index contributed by atoms with van der Waals surface area (Å²) in [7, 11) is 0. The first-order chi connectivity index (χ1) is 8.72. The van der Waals surface area contributed by atoms with Crippen LogP contribution in [0.15, 0.2) is 24.7 Å². The average Bonchev–Trinajstić information content (AvgIpc) is 2.71. The van der Waals surface area contributed by atoms with E-state index < -0.39 is 0 Å². The molecule has 0 aliphatic carbocycles. The fourth-order valence-corrected chi connectivity index (χ4v) is 1.95. The molecule has 5 heteroatoms. The minimum atomic E-state index is 0.680. The van der Waals surface area contributed by atoms with Crippen LogP contribution in [0.3, 0.4) is 0 Å². The summed E-state index contributed by atoms with van der Waals surface area (Å²) in [6.45, 7) is 6.66. The van der Waals surface area contributed by atoms with Crippen LogP contribution in [0.4, 0.5) is 0 Å². The van der Waals surface area contributed by atoms with Gasteiger partial charge in [-0.25, -0.2) is 0 Å². The van der Waals surface area contributed by atoms with Gasteiger partial charge in [-0.3, -0.25) is 9.67 Å². The zero-order chi connectivity index (χ0) is 13.0. The molecular formula is C13H17ClN4. The molecule has 2 aromatic heterocycles. The molecule has 18 heavy (non-hydrogen) atoms. The highest BCUT2D eigenvalue weighted by atomic mass is 35.5. The third-order valence-corrected chi connectivity index (χ3v) is 3.29. The first kappa shape index (κ1) is 13.1. The van der Waals surface area contributed by atoms with Gasteiger partial charge in [0.25, 0.3) is 0 Å². The Bertz CT molecular complexity index is 521. The Labute approximate surface area is 112 Å². The number of aromatic nitrogens is 3. The Hall–Kier alpha value is -1.39. The molecule has 1 N–H and O–H groups in total. The maximum atomic E-state index is 6.10. The smallest absolute Gasteiger partial charge is 0.0678 e. The van der Waals surface area contributed by atoms with E-state index in [0.29, 0.717) is 11.6 Å². The number of rotatable bonds is 5. The molecule has 2 aromatic rings. The maximum absolute atomic E-state index is 6.10. The third-order valence-electron chi connectivity index (χ3n) is 2.95. The summed E-state index contributed by atoms with van der Waals surface area (Å²) < 4.78 is 1.97. The molecule has 0 aliphatic heterocycles. The number of hydrogen-bond acceptors (Lipinski definition) is 3. The van der Waals surface area contributed by atoms with Crippen LogP contribution in [-0.2, 0) is 13.1 Å². The van der Waals surface area contributed by atoms with Crippen molar-refractivity contribution in [2.75, 3.05) is 6.54 Å². The van der Waals surface area contributed by atoms with Gasteiger partial charge in [-0.05, 0) is 25.1 Å². The molecule has 0 aliphatic rings. The van der Waals surface area contributed by atoms with Gasteiger partial charge < -0.3 is 5.32 Å². The van der Waals surface area contributed by atoms with Crippen molar-refractivity contribution in [3.05, 3.63) is 46.5 Å². The molecular weight excluding hydrogens is 248 g/mol. The van der Waals surface area contributed by atoms with Crippen LogP contribution in [0.2, 0.25) is 5.02 Å². The lowest BCUT2D eigenvalue weighted by Crippen LogP contribution is -2.12. The van der Waals surface area contributed by atoms with Crippen molar-refractivity contribution in [1.82, 2.24) is 20.1 Å². The lowest BCUT2D eigenvalue weighted by Gasteiger charge is -2.07. The highest BCUT2D eigenvalue weighted by Crippen LogP contribution is 2.16. The van der Waals surface area contributed by atoms with Gasteiger partial charge in [-0.1, -0.05) is 18.5 Å².